The van der Waals surface area contributed by atoms with E-state index in [1.54, 1.807) is 0 Å². The summed E-state index contributed by atoms with van der Waals surface area (Å²) in [4.78, 5) is 0. The molecular formula is C18H18O2. The number of hydrogen-bond acceptors (Lipinski definition) is 2. The van der Waals surface area contributed by atoms with Gasteiger partial charge in [0.05, 0.1) is 13.2 Å². The minimum atomic E-state index is 0.732. The quantitative estimate of drug-likeness (QED) is 0.703. The van der Waals surface area contributed by atoms with E-state index in [9.17, 15) is 0 Å². The van der Waals surface area contributed by atoms with Crippen molar-refractivity contribution in [2.45, 2.75) is 12.8 Å². The first kappa shape index (κ1) is 12.8. The molecule has 3 rings (SSSR count). The van der Waals surface area contributed by atoms with Crippen molar-refractivity contribution < 1.29 is 9.47 Å². The summed E-state index contributed by atoms with van der Waals surface area (Å²) in [6.07, 6.45) is 6.17. The van der Waals surface area contributed by atoms with Crippen LogP contribution in [0.3, 0.4) is 0 Å². The van der Waals surface area contributed by atoms with Crippen molar-refractivity contribution in [2.75, 3.05) is 13.2 Å². The van der Waals surface area contributed by atoms with E-state index in [1.807, 2.05) is 36.4 Å². The van der Waals surface area contributed by atoms with Crippen LogP contribution in [0.5, 0.6) is 11.5 Å². The van der Waals surface area contributed by atoms with Crippen LogP contribution in [0, 0.1) is 0 Å². The first-order valence-corrected chi connectivity index (χ1v) is 7.05. The Bertz CT molecular complexity index is 548. The molecule has 0 radical (unpaired) electrons. The lowest BCUT2D eigenvalue weighted by Gasteiger charge is -2.12. The van der Waals surface area contributed by atoms with Gasteiger partial charge in [-0.2, -0.15) is 0 Å². The molecule has 0 aliphatic carbocycles. The molecule has 0 amide bonds. The normalized spacial score (nSPS) is 16.4. The molecule has 0 bridgehead atoms. The van der Waals surface area contributed by atoms with Crippen LogP contribution in [0.15, 0.2) is 48.5 Å². The van der Waals surface area contributed by atoms with E-state index in [2.05, 4.69) is 24.3 Å². The number of hydrogen-bond donors (Lipinski definition) is 0. The Balaban J connectivity index is 1.97. The third kappa shape index (κ3) is 3.02. The Kier molecular flexibility index (Phi) is 4.02. The van der Waals surface area contributed by atoms with Gasteiger partial charge in [0.2, 0.25) is 0 Å². The fourth-order valence-corrected chi connectivity index (χ4v) is 2.25. The van der Waals surface area contributed by atoms with E-state index in [0.29, 0.717) is 0 Å². The molecule has 0 aromatic heterocycles. The first-order chi connectivity index (χ1) is 9.93. The third-order valence-electron chi connectivity index (χ3n) is 3.33. The standard InChI is InChI=1S/C18H18O2/c1-3-9-17-15(7-1)11-12-16-8-2-4-10-18(16)20-14-6-5-13-19-17/h1-4,7-12H,5-6,13-14H2/b12-11-. The lowest BCUT2D eigenvalue weighted by atomic mass is 10.1. The molecule has 0 unspecified atom stereocenters. The maximum atomic E-state index is 5.84. The minimum absolute atomic E-state index is 0.732. The molecule has 2 heteroatoms. The van der Waals surface area contributed by atoms with E-state index in [0.717, 1.165) is 48.7 Å². The first-order valence-electron chi connectivity index (χ1n) is 7.05. The van der Waals surface area contributed by atoms with E-state index in [-0.39, 0.29) is 0 Å². The summed E-state index contributed by atoms with van der Waals surface area (Å²) in [6, 6.07) is 16.3. The van der Waals surface area contributed by atoms with E-state index in [1.165, 1.54) is 0 Å². The van der Waals surface area contributed by atoms with Crippen molar-refractivity contribution >= 4 is 12.2 Å². The molecule has 2 aromatic carbocycles. The van der Waals surface area contributed by atoms with Gasteiger partial charge in [0, 0.05) is 11.1 Å². The monoisotopic (exact) mass is 266 g/mol. The second-order valence-electron chi connectivity index (χ2n) is 4.81. The largest absolute Gasteiger partial charge is 0.493 e. The van der Waals surface area contributed by atoms with Crippen LogP contribution >= 0.6 is 0 Å². The number of ether oxygens (including phenoxy) is 2. The van der Waals surface area contributed by atoms with Crippen molar-refractivity contribution in [3.63, 3.8) is 0 Å². The Morgan fingerprint density at radius 1 is 0.600 bits per heavy atom. The van der Waals surface area contributed by atoms with Gasteiger partial charge in [-0.25, -0.2) is 0 Å². The van der Waals surface area contributed by atoms with Gasteiger partial charge >= 0.3 is 0 Å². The Hall–Kier alpha value is -2.22. The van der Waals surface area contributed by atoms with E-state index >= 15 is 0 Å². The van der Waals surface area contributed by atoms with Gasteiger partial charge in [-0.15, -0.1) is 0 Å². The second kappa shape index (κ2) is 6.29. The van der Waals surface area contributed by atoms with Gasteiger partial charge in [0.15, 0.2) is 0 Å². The highest BCUT2D eigenvalue weighted by molar-refractivity contribution is 5.74. The van der Waals surface area contributed by atoms with Crippen LogP contribution in [0.4, 0.5) is 0 Å². The van der Waals surface area contributed by atoms with Crippen LogP contribution in [-0.4, -0.2) is 13.2 Å². The van der Waals surface area contributed by atoms with Gasteiger partial charge in [0.1, 0.15) is 11.5 Å². The van der Waals surface area contributed by atoms with Crippen molar-refractivity contribution in [3.05, 3.63) is 59.7 Å². The van der Waals surface area contributed by atoms with Gasteiger partial charge in [-0.05, 0) is 25.0 Å². The minimum Gasteiger partial charge on any atom is -0.493 e. The smallest absolute Gasteiger partial charge is 0.126 e. The summed E-state index contributed by atoms with van der Waals surface area (Å²) in [5.41, 5.74) is 2.20. The SMILES string of the molecule is C1=C\c2ccccc2OCCCCOc2ccccc2/1. The average Bonchev–Trinajstić information content (AvgIpc) is 2.49. The fourth-order valence-electron chi connectivity index (χ4n) is 2.25. The molecule has 1 heterocycles. The highest BCUT2D eigenvalue weighted by atomic mass is 16.5. The zero-order valence-electron chi connectivity index (χ0n) is 11.4. The zero-order chi connectivity index (χ0) is 13.6. The zero-order valence-corrected chi connectivity index (χ0v) is 11.4. The van der Waals surface area contributed by atoms with Gasteiger partial charge in [0.25, 0.3) is 0 Å². The molecule has 102 valence electrons. The average molecular weight is 266 g/mol. The van der Waals surface area contributed by atoms with Crippen molar-refractivity contribution in [1.82, 2.24) is 0 Å². The molecular weight excluding hydrogens is 248 g/mol. The topological polar surface area (TPSA) is 18.5 Å². The predicted molar refractivity (Wildman–Crippen MR) is 82.0 cm³/mol. The van der Waals surface area contributed by atoms with Crippen LogP contribution in [0.2, 0.25) is 0 Å². The summed E-state index contributed by atoms with van der Waals surface area (Å²) >= 11 is 0. The van der Waals surface area contributed by atoms with Crippen LogP contribution in [0.1, 0.15) is 24.0 Å². The van der Waals surface area contributed by atoms with Crippen molar-refractivity contribution in [2.24, 2.45) is 0 Å². The molecule has 0 atom stereocenters. The molecule has 2 aromatic rings. The molecule has 0 fully saturated rings. The Labute approximate surface area is 119 Å². The van der Waals surface area contributed by atoms with Gasteiger partial charge in [-0.3, -0.25) is 0 Å². The lowest BCUT2D eigenvalue weighted by molar-refractivity contribution is 0.266. The molecule has 1 aliphatic heterocycles. The lowest BCUT2D eigenvalue weighted by Crippen LogP contribution is -2.04. The number of fused-ring (bicyclic) bond motifs is 2. The van der Waals surface area contributed by atoms with Crippen LogP contribution in [-0.2, 0) is 0 Å². The highest BCUT2D eigenvalue weighted by Gasteiger charge is 2.04. The molecule has 1 aliphatic rings. The Morgan fingerprint density at radius 2 is 1.05 bits per heavy atom. The summed E-state index contributed by atoms with van der Waals surface area (Å²) in [5, 5.41) is 0. The summed E-state index contributed by atoms with van der Waals surface area (Å²) < 4.78 is 11.7. The van der Waals surface area contributed by atoms with E-state index in [4.69, 9.17) is 9.47 Å². The molecule has 0 N–H and O–H groups in total. The van der Waals surface area contributed by atoms with Gasteiger partial charge < -0.3 is 9.47 Å². The summed E-state index contributed by atoms with van der Waals surface area (Å²) in [7, 11) is 0. The maximum absolute atomic E-state index is 5.84. The predicted octanol–water partition coefficient (Wildman–Crippen LogP) is 4.41. The number of rotatable bonds is 0. The van der Waals surface area contributed by atoms with E-state index < -0.39 is 0 Å². The third-order valence-corrected chi connectivity index (χ3v) is 3.33. The highest BCUT2D eigenvalue weighted by Crippen LogP contribution is 2.25. The summed E-state index contributed by atoms with van der Waals surface area (Å²) in [5.74, 6) is 1.89. The molecule has 20 heavy (non-hydrogen) atoms. The molecule has 2 nitrogen and oxygen atoms in total. The van der Waals surface area contributed by atoms with Gasteiger partial charge in [-0.1, -0.05) is 48.6 Å². The van der Waals surface area contributed by atoms with Crippen molar-refractivity contribution in [1.29, 1.82) is 0 Å². The summed E-state index contributed by atoms with van der Waals surface area (Å²) in [6.45, 7) is 1.46. The number of para-hydroxylation sites is 2. The second-order valence-corrected chi connectivity index (χ2v) is 4.81. The maximum Gasteiger partial charge on any atom is 0.126 e. The van der Waals surface area contributed by atoms with Crippen LogP contribution < -0.4 is 9.47 Å². The van der Waals surface area contributed by atoms with Crippen LogP contribution in [0.25, 0.3) is 12.2 Å². The fraction of sp³-hybridized carbons (Fsp3) is 0.222. The molecule has 0 saturated heterocycles. The molecule has 0 saturated carbocycles. The van der Waals surface area contributed by atoms with Crippen molar-refractivity contribution in [3.8, 4) is 11.5 Å². The molecule has 0 spiro atoms. The Morgan fingerprint density at radius 3 is 1.55 bits per heavy atom. The number of benzene rings is 2.